The third kappa shape index (κ3) is 2.27. The topological polar surface area (TPSA) is 17.8 Å². The van der Waals surface area contributed by atoms with Crippen molar-refractivity contribution in [2.75, 3.05) is 0 Å². The van der Waals surface area contributed by atoms with Gasteiger partial charge in [-0.3, -0.25) is 4.68 Å². The van der Waals surface area contributed by atoms with Gasteiger partial charge in [0, 0.05) is 17.3 Å². The minimum Gasteiger partial charge on any atom is -0.269 e. The van der Waals surface area contributed by atoms with Gasteiger partial charge in [0.05, 0.1) is 11.7 Å². The van der Waals surface area contributed by atoms with Crippen molar-refractivity contribution in [2.45, 2.75) is 38.6 Å². The predicted octanol–water partition coefficient (Wildman–Crippen LogP) is 4.29. The number of rotatable bonds is 3. The van der Waals surface area contributed by atoms with Gasteiger partial charge < -0.3 is 0 Å². The quantitative estimate of drug-likeness (QED) is 0.807. The SMILES string of the molecule is CC(C)c1c(F)cc(-c2ccn(C3CC3)n2)cc1F. The third-order valence-corrected chi connectivity index (χ3v) is 3.48. The summed E-state index contributed by atoms with van der Waals surface area (Å²) in [5, 5.41) is 4.38. The van der Waals surface area contributed by atoms with Crippen molar-refractivity contribution in [3.63, 3.8) is 0 Å². The van der Waals surface area contributed by atoms with Gasteiger partial charge in [-0.15, -0.1) is 0 Å². The standard InChI is InChI=1S/C15H16F2N2/c1-9(2)15-12(16)7-10(8-13(15)17)14-5-6-19(18-14)11-3-4-11/h5-9,11H,3-4H2,1-2H3. The fraction of sp³-hybridized carbons (Fsp3) is 0.400. The number of benzene rings is 1. The molecule has 2 nitrogen and oxygen atoms in total. The van der Waals surface area contributed by atoms with Crippen LogP contribution in [0.3, 0.4) is 0 Å². The molecule has 2 aromatic rings. The van der Waals surface area contributed by atoms with E-state index < -0.39 is 11.6 Å². The summed E-state index contributed by atoms with van der Waals surface area (Å²) in [6.45, 7) is 3.56. The fourth-order valence-electron chi connectivity index (χ4n) is 2.32. The molecule has 1 aliphatic carbocycles. The van der Waals surface area contributed by atoms with E-state index in [-0.39, 0.29) is 11.5 Å². The van der Waals surface area contributed by atoms with Crippen molar-refractivity contribution in [1.29, 1.82) is 0 Å². The average Bonchev–Trinajstić information content (AvgIpc) is 3.05. The summed E-state index contributed by atoms with van der Waals surface area (Å²) in [5.41, 5.74) is 1.27. The van der Waals surface area contributed by atoms with Gasteiger partial charge in [-0.05, 0) is 37.0 Å². The maximum atomic E-state index is 14.0. The molecule has 1 aliphatic rings. The summed E-state index contributed by atoms with van der Waals surface area (Å²) in [7, 11) is 0. The minimum absolute atomic E-state index is 0.144. The second-order valence-electron chi connectivity index (χ2n) is 5.42. The lowest BCUT2D eigenvalue weighted by Crippen LogP contribution is -1.99. The molecule has 0 radical (unpaired) electrons. The monoisotopic (exact) mass is 262 g/mol. The molecule has 100 valence electrons. The molecular formula is C15H16F2N2. The van der Waals surface area contributed by atoms with E-state index in [0.29, 0.717) is 17.3 Å². The first kappa shape index (κ1) is 12.3. The molecule has 0 amide bonds. The van der Waals surface area contributed by atoms with Crippen LogP contribution in [0, 0.1) is 11.6 Å². The predicted molar refractivity (Wildman–Crippen MR) is 69.9 cm³/mol. The van der Waals surface area contributed by atoms with Gasteiger partial charge in [0.1, 0.15) is 11.6 Å². The van der Waals surface area contributed by atoms with Gasteiger partial charge in [-0.1, -0.05) is 13.8 Å². The van der Waals surface area contributed by atoms with Gasteiger partial charge in [0.15, 0.2) is 0 Å². The Labute approximate surface area is 111 Å². The van der Waals surface area contributed by atoms with E-state index in [1.54, 1.807) is 13.8 Å². The Morgan fingerprint density at radius 2 is 1.84 bits per heavy atom. The van der Waals surface area contributed by atoms with Crippen molar-refractivity contribution in [1.82, 2.24) is 9.78 Å². The molecule has 0 N–H and O–H groups in total. The number of hydrogen-bond donors (Lipinski definition) is 0. The van der Waals surface area contributed by atoms with Crippen LogP contribution in [0.25, 0.3) is 11.3 Å². The molecule has 0 aliphatic heterocycles. The van der Waals surface area contributed by atoms with E-state index in [0.717, 1.165) is 12.8 Å². The molecule has 1 aromatic carbocycles. The normalized spacial score (nSPS) is 15.2. The average molecular weight is 262 g/mol. The molecule has 1 aromatic heterocycles. The van der Waals surface area contributed by atoms with E-state index >= 15 is 0 Å². The maximum absolute atomic E-state index is 14.0. The summed E-state index contributed by atoms with van der Waals surface area (Å²) in [4.78, 5) is 0. The van der Waals surface area contributed by atoms with Crippen LogP contribution >= 0.6 is 0 Å². The zero-order valence-electron chi connectivity index (χ0n) is 11.0. The Bertz CT molecular complexity index is 589. The lowest BCUT2D eigenvalue weighted by atomic mass is 9.99. The summed E-state index contributed by atoms with van der Waals surface area (Å²) in [5.74, 6) is -1.16. The summed E-state index contributed by atoms with van der Waals surface area (Å²) in [6, 6.07) is 5.02. The zero-order chi connectivity index (χ0) is 13.6. The lowest BCUT2D eigenvalue weighted by molar-refractivity contribution is 0.542. The maximum Gasteiger partial charge on any atom is 0.130 e. The van der Waals surface area contributed by atoms with Gasteiger partial charge in [0.2, 0.25) is 0 Å². The van der Waals surface area contributed by atoms with E-state index in [9.17, 15) is 8.78 Å². The Kier molecular flexibility index (Phi) is 2.88. The molecule has 1 heterocycles. The van der Waals surface area contributed by atoms with Crippen molar-refractivity contribution in [3.8, 4) is 11.3 Å². The summed E-state index contributed by atoms with van der Waals surface area (Å²) < 4.78 is 29.8. The number of halogens is 2. The Morgan fingerprint density at radius 3 is 2.37 bits per heavy atom. The van der Waals surface area contributed by atoms with E-state index in [1.807, 2.05) is 16.9 Å². The van der Waals surface area contributed by atoms with Crippen LogP contribution in [0.2, 0.25) is 0 Å². The lowest BCUT2D eigenvalue weighted by Gasteiger charge is -2.10. The largest absolute Gasteiger partial charge is 0.269 e. The van der Waals surface area contributed by atoms with Crippen molar-refractivity contribution in [2.24, 2.45) is 0 Å². The number of aromatic nitrogens is 2. The van der Waals surface area contributed by atoms with Crippen LogP contribution in [0.4, 0.5) is 8.78 Å². The van der Waals surface area contributed by atoms with Gasteiger partial charge >= 0.3 is 0 Å². The molecule has 0 bridgehead atoms. The van der Waals surface area contributed by atoms with Crippen molar-refractivity contribution in [3.05, 3.63) is 41.6 Å². The first-order valence-corrected chi connectivity index (χ1v) is 6.60. The molecule has 0 saturated heterocycles. The Morgan fingerprint density at radius 1 is 1.21 bits per heavy atom. The highest BCUT2D eigenvalue weighted by Crippen LogP contribution is 2.35. The van der Waals surface area contributed by atoms with Crippen molar-refractivity contribution >= 4 is 0 Å². The molecule has 19 heavy (non-hydrogen) atoms. The summed E-state index contributed by atoms with van der Waals surface area (Å²) in [6.07, 6.45) is 4.14. The van der Waals surface area contributed by atoms with Crippen LogP contribution in [-0.2, 0) is 0 Å². The third-order valence-electron chi connectivity index (χ3n) is 3.48. The van der Waals surface area contributed by atoms with Gasteiger partial charge in [-0.2, -0.15) is 5.10 Å². The van der Waals surface area contributed by atoms with Crippen LogP contribution in [0.5, 0.6) is 0 Å². The van der Waals surface area contributed by atoms with Gasteiger partial charge in [-0.25, -0.2) is 8.78 Å². The molecule has 1 fully saturated rings. The van der Waals surface area contributed by atoms with Crippen LogP contribution < -0.4 is 0 Å². The minimum atomic E-state index is -0.494. The van der Waals surface area contributed by atoms with Crippen molar-refractivity contribution < 1.29 is 8.78 Å². The van der Waals surface area contributed by atoms with Gasteiger partial charge in [0.25, 0.3) is 0 Å². The Hall–Kier alpha value is -1.71. The van der Waals surface area contributed by atoms with Crippen LogP contribution in [0.1, 0.15) is 44.2 Å². The highest BCUT2D eigenvalue weighted by molar-refractivity contribution is 5.59. The highest BCUT2D eigenvalue weighted by Gasteiger charge is 2.24. The molecular weight excluding hydrogens is 246 g/mol. The first-order chi connectivity index (χ1) is 9.06. The summed E-state index contributed by atoms with van der Waals surface area (Å²) >= 11 is 0. The zero-order valence-corrected chi connectivity index (χ0v) is 11.0. The van der Waals surface area contributed by atoms with E-state index in [4.69, 9.17) is 0 Å². The van der Waals surface area contributed by atoms with E-state index in [1.165, 1.54) is 12.1 Å². The molecule has 1 saturated carbocycles. The van der Waals surface area contributed by atoms with E-state index in [2.05, 4.69) is 5.10 Å². The molecule has 3 rings (SSSR count). The smallest absolute Gasteiger partial charge is 0.130 e. The Balaban J connectivity index is 2.00. The number of hydrogen-bond acceptors (Lipinski definition) is 1. The second-order valence-corrected chi connectivity index (χ2v) is 5.42. The van der Waals surface area contributed by atoms with Crippen LogP contribution in [0.15, 0.2) is 24.4 Å². The fourth-order valence-corrected chi connectivity index (χ4v) is 2.32. The van der Waals surface area contributed by atoms with Crippen LogP contribution in [-0.4, -0.2) is 9.78 Å². The molecule has 0 unspecified atom stereocenters. The molecule has 0 spiro atoms. The molecule has 4 heteroatoms. The number of nitrogens with zero attached hydrogens (tertiary/aromatic N) is 2. The highest BCUT2D eigenvalue weighted by atomic mass is 19.1. The molecule has 0 atom stereocenters. The first-order valence-electron chi connectivity index (χ1n) is 6.60. The second kappa shape index (κ2) is 4.44.